The number of alkyl halides is 3. The Balaban J connectivity index is 1.73. The fraction of sp³-hybridized carbons (Fsp3) is 0.400. The third kappa shape index (κ3) is 4.51. The molecular formula is C25H26F3N3O3. The zero-order chi connectivity index (χ0) is 24.3. The van der Waals surface area contributed by atoms with E-state index in [4.69, 9.17) is 4.74 Å². The van der Waals surface area contributed by atoms with E-state index < -0.39 is 29.6 Å². The van der Waals surface area contributed by atoms with Crippen molar-refractivity contribution in [2.24, 2.45) is 10.9 Å². The summed E-state index contributed by atoms with van der Waals surface area (Å²) in [6.45, 7) is -0.145. The molecule has 0 spiro atoms. The molecule has 0 aromatic heterocycles. The average molecular weight is 473 g/mol. The lowest BCUT2D eigenvalue weighted by Gasteiger charge is -2.31. The number of hydrogen-bond donors (Lipinski definition) is 1. The number of ether oxygens (including phenoxy) is 1. The molecule has 4 rings (SSSR count). The molecule has 1 N–H and O–H groups in total. The summed E-state index contributed by atoms with van der Waals surface area (Å²) in [5.41, 5.74) is -2.42. The van der Waals surface area contributed by atoms with Crippen molar-refractivity contribution in [2.45, 2.75) is 50.5 Å². The van der Waals surface area contributed by atoms with E-state index in [1.165, 1.54) is 7.11 Å². The smallest absolute Gasteiger partial charge is 0.442 e. The SMILES string of the molecule is COc1ccc(CN2C(=O)[C@@](NC(=O)C3CCCCC3)(C(F)(F)F)N=C2c2ccccc2)cc1. The number of aliphatic imine (C=N–C) groups is 1. The maximum absolute atomic E-state index is 14.5. The van der Waals surface area contributed by atoms with Crippen LogP contribution in [0.25, 0.3) is 0 Å². The normalized spacial score (nSPS) is 21.4. The van der Waals surface area contributed by atoms with Gasteiger partial charge in [-0.15, -0.1) is 0 Å². The molecule has 2 aromatic rings. The first-order chi connectivity index (χ1) is 16.2. The van der Waals surface area contributed by atoms with Crippen LogP contribution in [-0.2, 0) is 16.1 Å². The fourth-order valence-electron chi connectivity index (χ4n) is 4.41. The number of amidine groups is 1. The van der Waals surface area contributed by atoms with Crippen molar-refractivity contribution in [1.29, 1.82) is 0 Å². The molecule has 9 heteroatoms. The van der Waals surface area contributed by atoms with Gasteiger partial charge >= 0.3 is 11.8 Å². The molecule has 1 aliphatic carbocycles. The zero-order valence-electron chi connectivity index (χ0n) is 18.8. The summed E-state index contributed by atoms with van der Waals surface area (Å²) in [7, 11) is 1.51. The number of nitrogens with zero attached hydrogens (tertiary/aromatic N) is 2. The van der Waals surface area contributed by atoms with Crippen LogP contribution in [0.1, 0.15) is 43.2 Å². The van der Waals surface area contributed by atoms with E-state index >= 15 is 0 Å². The van der Waals surface area contributed by atoms with E-state index in [0.717, 1.165) is 24.2 Å². The standard InChI is InChI=1S/C25H26F3N3O3/c1-34-20-14-12-17(13-15-20)16-31-21(18-8-4-2-5-9-18)29-24(23(31)33,25(26,27)28)30-22(32)19-10-6-3-7-11-19/h2,4-5,8-9,12-15,19H,3,6-7,10-11,16H2,1H3,(H,30,32)/t24-/m1/s1. The second-order valence-corrected chi connectivity index (χ2v) is 8.57. The van der Waals surface area contributed by atoms with E-state index in [-0.39, 0.29) is 12.4 Å². The lowest BCUT2D eigenvalue weighted by molar-refractivity contribution is -0.201. The fourth-order valence-corrected chi connectivity index (χ4v) is 4.41. The van der Waals surface area contributed by atoms with Crippen molar-refractivity contribution < 1.29 is 27.5 Å². The monoisotopic (exact) mass is 473 g/mol. The van der Waals surface area contributed by atoms with Gasteiger partial charge in [0.05, 0.1) is 13.7 Å². The minimum atomic E-state index is -5.12. The maximum atomic E-state index is 14.5. The van der Waals surface area contributed by atoms with Crippen LogP contribution in [0.4, 0.5) is 13.2 Å². The first kappa shape index (κ1) is 23.8. The van der Waals surface area contributed by atoms with E-state index in [1.54, 1.807) is 54.6 Å². The van der Waals surface area contributed by atoms with Gasteiger partial charge < -0.3 is 10.1 Å². The summed E-state index contributed by atoms with van der Waals surface area (Å²) in [5, 5.41) is 2.02. The quantitative estimate of drug-likeness (QED) is 0.675. The van der Waals surface area contributed by atoms with Crippen LogP contribution in [0.15, 0.2) is 59.6 Å². The van der Waals surface area contributed by atoms with Crippen LogP contribution in [0, 0.1) is 5.92 Å². The van der Waals surface area contributed by atoms with Crippen LogP contribution < -0.4 is 10.1 Å². The van der Waals surface area contributed by atoms with Gasteiger partial charge in [0.15, 0.2) is 0 Å². The van der Waals surface area contributed by atoms with Crippen molar-refractivity contribution in [1.82, 2.24) is 10.2 Å². The zero-order valence-corrected chi connectivity index (χ0v) is 18.8. The van der Waals surface area contributed by atoms with Crippen molar-refractivity contribution in [2.75, 3.05) is 7.11 Å². The predicted molar refractivity (Wildman–Crippen MR) is 120 cm³/mol. The molecule has 0 radical (unpaired) electrons. The number of rotatable bonds is 6. The van der Waals surface area contributed by atoms with Crippen molar-refractivity contribution in [3.8, 4) is 5.75 Å². The summed E-state index contributed by atoms with van der Waals surface area (Å²) >= 11 is 0. The third-order valence-electron chi connectivity index (χ3n) is 6.31. The molecule has 1 fully saturated rings. The van der Waals surface area contributed by atoms with Crippen LogP contribution in [0.2, 0.25) is 0 Å². The molecule has 180 valence electrons. The highest BCUT2D eigenvalue weighted by Gasteiger charge is 2.67. The molecule has 0 bridgehead atoms. The van der Waals surface area contributed by atoms with Crippen molar-refractivity contribution in [3.05, 3.63) is 65.7 Å². The summed E-state index contributed by atoms with van der Waals surface area (Å²) in [6, 6.07) is 14.9. The number of amides is 2. The molecule has 1 saturated carbocycles. The first-order valence-electron chi connectivity index (χ1n) is 11.2. The van der Waals surface area contributed by atoms with Gasteiger partial charge in [0.25, 0.3) is 5.91 Å². The second-order valence-electron chi connectivity index (χ2n) is 8.57. The number of benzene rings is 2. The number of methoxy groups -OCH3 is 1. The predicted octanol–water partition coefficient (Wildman–Crippen LogP) is 4.44. The largest absolute Gasteiger partial charge is 0.497 e. The second kappa shape index (κ2) is 9.48. The van der Waals surface area contributed by atoms with Gasteiger partial charge in [-0.1, -0.05) is 61.7 Å². The highest BCUT2D eigenvalue weighted by Crippen LogP contribution is 2.40. The minimum Gasteiger partial charge on any atom is -0.497 e. The number of carbonyl (C=O) groups excluding carboxylic acids is 2. The van der Waals surface area contributed by atoms with Gasteiger partial charge in [0, 0.05) is 11.5 Å². The Hall–Kier alpha value is -3.36. The summed E-state index contributed by atoms with van der Waals surface area (Å²) in [6.07, 6.45) is -1.64. The van der Waals surface area contributed by atoms with Gasteiger partial charge in [-0.2, -0.15) is 13.2 Å². The lowest BCUT2D eigenvalue weighted by atomic mass is 9.88. The summed E-state index contributed by atoms with van der Waals surface area (Å²) in [4.78, 5) is 31.2. The van der Waals surface area contributed by atoms with Gasteiger partial charge in [-0.05, 0) is 30.5 Å². The van der Waals surface area contributed by atoms with Crippen LogP contribution in [-0.4, -0.2) is 41.5 Å². The molecule has 2 aliphatic rings. The number of halogens is 3. The van der Waals surface area contributed by atoms with Crippen molar-refractivity contribution in [3.63, 3.8) is 0 Å². The summed E-state index contributed by atoms with van der Waals surface area (Å²) in [5.74, 6) is -2.22. The van der Waals surface area contributed by atoms with Crippen LogP contribution in [0.5, 0.6) is 5.75 Å². The topological polar surface area (TPSA) is 71.0 Å². The average Bonchev–Trinajstić information content (AvgIpc) is 3.13. The Labute approximate surface area is 195 Å². The molecule has 1 heterocycles. The highest BCUT2D eigenvalue weighted by molar-refractivity contribution is 6.16. The molecule has 0 saturated heterocycles. The maximum Gasteiger partial charge on any atom is 0.442 e. The van der Waals surface area contributed by atoms with E-state index in [0.29, 0.717) is 29.7 Å². The molecule has 6 nitrogen and oxygen atoms in total. The molecular weight excluding hydrogens is 447 g/mol. The van der Waals surface area contributed by atoms with Crippen LogP contribution in [0.3, 0.4) is 0 Å². The Bertz CT molecular complexity index is 1060. The molecule has 34 heavy (non-hydrogen) atoms. The van der Waals surface area contributed by atoms with E-state index in [2.05, 4.69) is 4.99 Å². The first-order valence-corrected chi connectivity index (χ1v) is 11.2. The minimum absolute atomic E-state index is 0.136. The molecule has 1 aliphatic heterocycles. The van der Waals surface area contributed by atoms with Crippen molar-refractivity contribution >= 4 is 17.6 Å². The summed E-state index contributed by atoms with van der Waals surface area (Å²) < 4.78 is 48.7. The number of nitrogens with one attached hydrogen (secondary N) is 1. The molecule has 0 unspecified atom stereocenters. The number of hydrogen-bond acceptors (Lipinski definition) is 4. The van der Waals surface area contributed by atoms with E-state index in [1.807, 2.05) is 5.32 Å². The van der Waals surface area contributed by atoms with Gasteiger partial charge in [0.1, 0.15) is 11.6 Å². The number of carbonyl (C=O) groups is 2. The van der Waals surface area contributed by atoms with Gasteiger partial charge in [-0.3, -0.25) is 14.5 Å². The molecule has 1 atom stereocenters. The van der Waals surface area contributed by atoms with Gasteiger partial charge in [0.2, 0.25) is 5.91 Å². The highest BCUT2D eigenvalue weighted by atomic mass is 19.4. The lowest BCUT2D eigenvalue weighted by Crippen LogP contribution is -2.64. The Kier molecular flexibility index (Phi) is 6.63. The van der Waals surface area contributed by atoms with E-state index in [9.17, 15) is 22.8 Å². The molecule has 2 amide bonds. The van der Waals surface area contributed by atoms with Crippen LogP contribution >= 0.6 is 0 Å². The van der Waals surface area contributed by atoms with Gasteiger partial charge in [-0.25, -0.2) is 4.99 Å². The third-order valence-corrected chi connectivity index (χ3v) is 6.31. The molecule has 2 aromatic carbocycles. The Morgan fingerprint density at radius 2 is 1.74 bits per heavy atom. The Morgan fingerprint density at radius 3 is 2.32 bits per heavy atom. The Morgan fingerprint density at radius 1 is 1.09 bits per heavy atom.